The molecule has 1 aliphatic rings. The van der Waals surface area contributed by atoms with Crippen LogP contribution in [0.25, 0.3) is 5.57 Å². The summed E-state index contributed by atoms with van der Waals surface area (Å²) in [5.74, 6) is -1.06. The number of rotatable bonds is 3. The van der Waals surface area contributed by atoms with Gasteiger partial charge in [-0.05, 0) is 23.0 Å². The highest BCUT2D eigenvalue weighted by Gasteiger charge is 2.46. The van der Waals surface area contributed by atoms with Crippen molar-refractivity contribution < 1.29 is 9.90 Å². The van der Waals surface area contributed by atoms with Crippen LogP contribution < -0.4 is 0 Å². The maximum Gasteiger partial charge on any atom is 0.358 e. The number of hydrogen-bond donors (Lipinski definition) is 2. The second kappa shape index (κ2) is 5.74. The summed E-state index contributed by atoms with van der Waals surface area (Å²) in [5, 5.41) is 20.0. The third-order valence-corrected chi connectivity index (χ3v) is 4.81. The molecule has 2 aromatic rings. The number of aromatic nitrogens is 3. The van der Waals surface area contributed by atoms with Crippen LogP contribution in [0.3, 0.4) is 0 Å². The van der Waals surface area contributed by atoms with Crippen molar-refractivity contribution in [2.75, 3.05) is 0 Å². The molecule has 0 saturated heterocycles. The molecule has 0 aliphatic heterocycles. The molecule has 0 spiro atoms. The van der Waals surface area contributed by atoms with Gasteiger partial charge in [0.15, 0.2) is 5.69 Å². The Kier molecular flexibility index (Phi) is 3.87. The molecule has 24 heavy (non-hydrogen) atoms. The summed E-state index contributed by atoms with van der Waals surface area (Å²) >= 11 is 0. The number of aromatic amines is 1. The molecule has 124 valence electrons. The van der Waals surface area contributed by atoms with Gasteiger partial charge in [0.25, 0.3) is 0 Å². The van der Waals surface area contributed by atoms with Crippen LogP contribution in [0.15, 0.2) is 48.6 Å². The number of H-pyrrole nitrogens is 1. The van der Waals surface area contributed by atoms with Gasteiger partial charge in [-0.1, -0.05) is 69.3 Å². The Labute approximate surface area is 141 Å². The lowest BCUT2D eigenvalue weighted by molar-refractivity contribution is 0.0685. The third-order valence-electron chi connectivity index (χ3n) is 4.81. The molecule has 0 fully saturated rings. The molecule has 5 heteroatoms. The number of benzene rings is 1. The van der Waals surface area contributed by atoms with Gasteiger partial charge in [0.2, 0.25) is 0 Å². The van der Waals surface area contributed by atoms with Gasteiger partial charge in [-0.2, -0.15) is 10.3 Å². The average molecular weight is 323 g/mol. The highest BCUT2D eigenvalue weighted by atomic mass is 16.4. The first-order valence-corrected chi connectivity index (χ1v) is 7.94. The fourth-order valence-corrected chi connectivity index (χ4v) is 3.26. The van der Waals surface area contributed by atoms with E-state index in [0.717, 1.165) is 11.1 Å². The second-order valence-corrected chi connectivity index (χ2v) is 7.11. The van der Waals surface area contributed by atoms with Gasteiger partial charge >= 0.3 is 5.97 Å². The Morgan fingerprint density at radius 2 is 1.92 bits per heavy atom. The summed E-state index contributed by atoms with van der Waals surface area (Å²) in [5.41, 5.74) is 2.02. The number of hydrogen-bond acceptors (Lipinski definition) is 3. The number of nitrogens with one attached hydrogen (secondary N) is 1. The molecular weight excluding hydrogens is 302 g/mol. The maximum atomic E-state index is 11.5. The van der Waals surface area contributed by atoms with E-state index in [9.17, 15) is 9.90 Å². The quantitative estimate of drug-likeness (QED) is 0.899. The first kappa shape index (κ1) is 16.2. The molecule has 3 rings (SSSR count). The SMILES string of the molecule is CC(C)(C)C1(c2n[nH]nc2C(=O)O)C=CC(c2ccccc2)=CC1. The van der Waals surface area contributed by atoms with E-state index in [1.54, 1.807) is 0 Å². The standard InChI is InChI=1S/C19H21N3O2/c1-18(2,3)19(16-15(17(23)24)20-22-21-16)11-9-14(10-12-19)13-7-5-4-6-8-13/h4-11H,12H2,1-3H3,(H,23,24)(H,20,21,22). The van der Waals surface area contributed by atoms with Crippen LogP contribution in [0.5, 0.6) is 0 Å². The van der Waals surface area contributed by atoms with Crippen molar-refractivity contribution in [2.24, 2.45) is 5.41 Å². The Morgan fingerprint density at radius 3 is 2.46 bits per heavy atom. The van der Waals surface area contributed by atoms with Crippen LogP contribution >= 0.6 is 0 Å². The van der Waals surface area contributed by atoms with Crippen molar-refractivity contribution in [3.63, 3.8) is 0 Å². The highest BCUT2D eigenvalue weighted by molar-refractivity contribution is 5.87. The number of nitrogens with zero attached hydrogens (tertiary/aromatic N) is 2. The lowest BCUT2D eigenvalue weighted by Gasteiger charge is -2.42. The molecule has 1 aromatic heterocycles. The molecule has 0 bridgehead atoms. The first-order chi connectivity index (χ1) is 11.3. The van der Waals surface area contributed by atoms with E-state index >= 15 is 0 Å². The van der Waals surface area contributed by atoms with Crippen LogP contribution in [0.4, 0.5) is 0 Å². The van der Waals surface area contributed by atoms with Gasteiger partial charge in [0, 0.05) is 5.41 Å². The van der Waals surface area contributed by atoms with Gasteiger partial charge in [-0.3, -0.25) is 0 Å². The molecule has 0 saturated carbocycles. The summed E-state index contributed by atoms with van der Waals surface area (Å²) < 4.78 is 0. The van der Waals surface area contributed by atoms with Gasteiger partial charge in [-0.25, -0.2) is 4.79 Å². The largest absolute Gasteiger partial charge is 0.476 e. The minimum absolute atomic E-state index is 0.00821. The van der Waals surface area contributed by atoms with E-state index in [4.69, 9.17) is 0 Å². The normalized spacial score (nSPS) is 20.7. The molecule has 1 aromatic carbocycles. The van der Waals surface area contributed by atoms with Gasteiger partial charge in [-0.15, -0.1) is 5.10 Å². The molecule has 5 nitrogen and oxygen atoms in total. The van der Waals surface area contributed by atoms with Crippen LogP contribution in [-0.4, -0.2) is 26.5 Å². The second-order valence-electron chi connectivity index (χ2n) is 7.11. The summed E-state index contributed by atoms with van der Waals surface area (Å²) in [6.07, 6.45) is 6.97. The summed E-state index contributed by atoms with van der Waals surface area (Å²) in [7, 11) is 0. The minimum atomic E-state index is -1.06. The molecule has 1 atom stereocenters. The average Bonchev–Trinajstić information content (AvgIpc) is 3.05. The lowest BCUT2D eigenvalue weighted by Crippen LogP contribution is -2.40. The Hall–Kier alpha value is -2.69. The summed E-state index contributed by atoms with van der Waals surface area (Å²) in [6.45, 7) is 6.29. The van der Waals surface area contributed by atoms with Crippen LogP contribution in [0.1, 0.15) is 48.9 Å². The zero-order chi connectivity index (χ0) is 17.4. The van der Waals surface area contributed by atoms with E-state index in [1.807, 2.05) is 18.2 Å². The maximum absolute atomic E-state index is 11.5. The van der Waals surface area contributed by atoms with Gasteiger partial charge < -0.3 is 5.11 Å². The Morgan fingerprint density at radius 1 is 1.21 bits per heavy atom. The fourth-order valence-electron chi connectivity index (χ4n) is 3.26. The molecule has 1 aliphatic carbocycles. The monoisotopic (exact) mass is 323 g/mol. The molecule has 1 heterocycles. The van der Waals surface area contributed by atoms with Crippen LogP contribution in [0, 0.1) is 5.41 Å². The smallest absolute Gasteiger partial charge is 0.358 e. The lowest BCUT2D eigenvalue weighted by atomic mass is 9.60. The predicted molar refractivity (Wildman–Crippen MR) is 92.7 cm³/mol. The topological polar surface area (TPSA) is 78.9 Å². The number of carbonyl (C=O) groups is 1. The molecule has 0 amide bonds. The zero-order valence-electron chi connectivity index (χ0n) is 14.1. The van der Waals surface area contributed by atoms with Crippen molar-refractivity contribution in [3.05, 3.63) is 65.5 Å². The van der Waals surface area contributed by atoms with E-state index in [0.29, 0.717) is 12.1 Å². The Bertz CT molecular complexity index is 813. The van der Waals surface area contributed by atoms with E-state index < -0.39 is 11.4 Å². The third kappa shape index (κ3) is 2.56. The van der Waals surface area contributed by atoms with Gasteiger partial charge in [0.1, 0.15) is 5.69 Å². The van der Waals surface area contributed by atoms with Crippen molar-refractivity contribution >= 4 is 11.5 Å². The van der Waals surface area contributed by atoms with Crippen molar-refractivity contribution in [1.29, 1.82) is 0 Å². The molecule has 0 radical (unpaired) electrons. The summed E-state index contributed by atoms with van der Waals surface area (Å²) in [6, 6.07) is 10.1. The van der Waals surface area contributed by atoms with Gasteiger partial charge in [0.05, 0.1) is 0 Å². The number of allylic oxidation sites excluding steroid dienone is 4. The van der Waals surface area contributed by atoms with Crippen LogP contribution in [0.2, 0.25) is 0 Å². The van der Waals surface area contributed by atoms with Crippen molar-refractivity contribution in [2.45, 2.75) is 32.6 Å². The van der Waals surface area contributed by atoms with E-state index in [1.165, 1.54) is 0 Å². The zero-order valence-corrected chi connectivity index (χ0v) is 14.1. The number of carboxylic acids is 1. The van der Waals surface area contributed by atoms with E-state index in [-0.39, 0.29) is 11.1 Å². The van der Waals surface area contributed by atoms with Crippen molar-refractivity contribution in [3.8, 4) is 0 Å². The number of aromatic carboxylic acids is 1. The fraction of sp³-hybridized carbons (Fsp3) is 0.316. The predicted octanol–water partition coefficient (Wildman–Crippen LogP) is 3.83. The molecule has 1 unspecified atom stereocenters. The highest BCUT2D eigenvalue weighted by Crippen LogP contribution is 2.48. The minimum Gasteiger partial charge on any atom is -0.476 e. The molecule has 2 N–H and O–H groups in total. The number of carboxylic acid groups (broad SMARTS) is 1. The van der Waals surface area contributed by atoms with E-state index in [2.05, 4.69) is 66.5 Å². The first-order valence-electron chi connectivity index (χ1n) is 7.94. The molecular formula is C19H21N3O2. The Balaban J connectivity index is 2.06. The summed E-state index contributed by atoms with van der Waals surface area (Å²) in [4.78, 5) is 11.5. The van der Waals surface area contributed by atoms with Crippen LogP contribution in [-0.2, 0) is 5.41 Å². The van der Waals surface area contributed by atoms with Crippen molar-refractivity contribution in [1.82, 2.24) is 15.4 Å².